The monoisotopic (exact) mass is 571 g/mol. The molecule has 3 aromatic carbocycles. The van der Waals surface area contributed by atoms with Gasteiger partial charge in [-0.3, -0.25) is 4.72 Å². The zero-order valence-corrected chi connectivity index (χ0v) is 24.6. The lowest BCUT2D eigenvalue weighted by molar-refractivity contribution is 0.275. The summed E-state index contributed by atoms with van der Waals surface area (Å²) in [5.41, 5.74) is 2.77. The van der Waals surface area contributed by atoms with Crippen molar-refractivity contribution in [1.29, 1.82) is 0 Å². The smallest absolute Gasteiger partial charge is 0.364 e. The summed E-state index contributed by atoms with van der Waals surface area (Å²) in [6, 6.07) is 24.3. The van der Waals surface area contributed by atoms with Gasteiger partial charge in [-0.05, 0) is 79.7 Å². The molecule has 1 aliphatic carbocycles. The summed E-state index contributed by atoms with van der Waals surface area (Å²) in [7, 11) is -4.26. The number of rotatable bonds is 11. The third kappa shape index (κ3) is 5.82. The Morgan fingerprint density at radius 1 is 0.951 bits per heavy atom. The lowest BCUT2D eigenvalue weighted by atomic mass is 9.75. The van der Waals surface area contributed by atoms with Crippen LogP contribution < -0.4 is 10.3 Å². The Labute approximate surface area is 242 Å². The van der Waals surface area contributed by atoms with Crippen LogP contribution in [0.4, 0.5) is 5.69 Å². The van der Waals surface area contributed by atoms with Gasteiger partial charge in [-0.1, -0.05) is 80.6 Å². The third-order valence-corrected chi connectivity index (χ3v) is 9.93. The van der Waals surface area contributed by atoms with E-state index in [1.165, 1.54) is 11.6 Å². The first-order valence-electron chi connectivity index (χ1n) is 14.3. The number of hydrogen-bond donors (Lipinski definition) is 2. The van der Waals surface area contributed by atoms with Crippen LogP contribution in [-0.4, -0.2) is 13.5 Å². The molecule has 1 fully saturated rings. The standard InChI is InChI=1S/C34H37NO5S/c1-4-34(5-2,21-20-24-12-8-6-9-13-24)29-22-27(36)32(33(37)40-29)35-41(38,39)28-19-16-23(3)30(26-17-18-26)31(28)25-14-10-7-11-15-25/h6-16,19,22,26,35-36H,4-5,17-18,20-21H2,1-3H3. The van der Waals surface area contributed by atoms with Gasteiger partial charge in [0.25, 0.3) is 10.0 Å². The molecule has 5 rings (SSSR count). The molecule has 0 saturated heterocycles. The van der Waals surface area contributed by atoms with E-state index in [-0.39, 0.29) is 4.90 Å². The minimum Gasteiger partial charge on any atom is -0.505 e. The van der Waals surface area contributed by atoms with Gasteiger partial charge in [-0.25, -0.2) is 13.2 Å². The average Bonchev–Trinajstić information content (AvgIpc) is 3.82. The Kier molecular flexibility index (Phi) is 8.09. The van der Waals surface area contributed by atoms with Crippen LogP contribution in [0.1, 0.15) is 74.3 Å². The normalized spacial score (nSPS) is 13.7. The largest absolute Gasteiger partial charge is 0.505 e. The highest BCUT2D eigenvalue weighted by atomic mass is 32.2. The molecular weight excluding hydrogens is 534 g/mol. The summed E-state index contributed by atoms with van der Waals surface area (Å²) < 4.78 is 35.9. The lowest BCUT2D eigenvalue weighted by Crippen LogP contribution is -2.28. The minimum absolute atomic E-state index is 0.0680. The number of aryl methyl sites for hydroxylation is 2. The fourth-order valence-corrected chi connectivity index (χ4v) is 7.17. The van der Waals surface area contributed by atoms with Gasteiger partial charge in [0.2, 0.25) is 0 Å². The maximum atomic E-state index is 13.9. The molecule has 1 saturated carbocycles. The number of nitrogens with one attached hydrogen (secondary N) is 1. The molecular formula is C34H37NO5S. The van der Waals surface area contributed by atoms with E-state index >= 15 is 0 Å². The zero-order valence-electron chi connectivity index (χ0n) is 23.8. The number of benzene rings is 3. The van der Waals surface area contributed by atoms with Gasteiger partial charge in [0.1, 0.15) is 5.76 Å². The first kappa shape index (κ1) is 28.7. The molecule has 1 heterocycles. The summed E-state index contributed by atoms with van der Waals surface area (Å²) >= 11 is 0. The second kappa shape index (κ2) is 11.6. The number of sulfonamides is 1. The zero-order chi connectivity index (χ0) is 29.2. The van der Waals surface area contributed by atoms with Crippen molar-refractivity contribution in [2.75, 3.05) is 4.72 Å². The van der Waals surface area contributed by atoms with Crippen molar-refractivity contribution >= 4 is 15.7 Å². The summed E-state index contributed by atoms with van der Waals surface area (Å²) in [5, 5.41) is 11.0. The molecule has 6 nitrogen and oxygen atoms in total. The molecule has 7 heteroatoms. The second-order valence-electron chi connectivity index (χ2n) is 11.0. The summed E-state index contributed by atoms with van der Waals surface area (Å²) in [4.78, 5) is 13.3. The van der Waals surface area contributed by atoms with E-state index in [1.807, 2.05) is 75.4 Å². The molecule has 0 spiro atoms. The number of hydrogen-bond acceptors (Lipinski definition) is 5. The molecule has 0 radical (unpaired) electrons. The van der Waals surface area contributed by atoms with Crippen LogP contribution in [0.2, 0.25) is 0 Å². The molecule has 0 amide bonds. The van der Waals surface area contributed by atoms with Gasteiger partial charge < -0.3 is 9.52 Å². The summed E-state index contributed by atoms with van der Waals surface area (Å²) in [6.45, 7) is 6.05. The quantitative estimate of drug-likeness (QED) is 0.192. The van der Waals surface area contributed by atoms with E-state index in [1.54, 1.807) is 6.07 Å². The highest BCUT2D eigenvalue weighted by Crippen LogP contribution is 2.48. The van der Waals surface area contributed by atoms with Crippen molar-refractivity contribution in [2.45, 2.75) is 75.5 Å². The highest BCUT2D eigenvalue weighted by Gasteiger charge is 2.35. The summed E-state index contributed by atoms with van der Waals surface area (Å²) in [5.74, 6) is 0.215. The van der Waals surface area contributed by atoms with Crippen molar-refractivity contribution in [1.82, 2.24) is 0 Å². The van der Waals surface area contributed by atoms with Crippen LogP contribution in [0.15, 0.2) is 93.0 Å². The van der Waals surface area contributed by atoms with Gasteiger partial charge in [0, 0.05) is 17.0 Å². The molecule has 0 bridgehead atoms. The molecule has 4 aromatic rings. The first-order chi connectivity index (χ1) is 19.7. The Hall–Kier alpha value is -3.84. The molecule has 0 atom stereocenters. The van der Waals surface area contributed by atoms with E-state index in [4.69, 9.17) is 4.42 Å². The van der Waals surface area contributed by atoms with Crippen molar-refractivity contribution in [3.05, 3.63) is 112 Å². The maximum absolute atomic E-state index is 13.9. The molecule has 214 valence electrons. The number of aromatic hydroxyl groups is 1. The topological polar surface area (TPSA) is 96.6 Å². The minimum atomic E-state index is -4.26. The van der Waals surface area contributed by atoms with E-state index < -0.39 is 32.5 Å². The highest BCUT2D eigenvalue weighted by molar-refractivity contribution is 7.92. The third-order valence-electron chi connectivity index (χ3n) is 8.54. The van der Waals surface area contributed by atoms with Gasteiger partial charge in [0.05, 0.1) is 4.90 Å². The van der Waals surface area contributed by atoms with Gasteiger partial charge in [-0.2, -0.15) is 0 Å². The Balaban J connectivity index is 1.52. The van der Waals surface area contributed by atoms with Crippen molar-refractivity contribution < 1.29 is 17.9 Å². The van der Waals surface area contributed by atoms with Gasteiger partial charge in [0.15, 0.2) is 11.4 Å². The lowest BCUT2D eigenvalue weighted by Gasteiger charge is -2.30. The van der Waals surface area contributed by atoms with Crippen LogP contribution in [0, 0.1) is 6.92 Å². The average molecular weight is 572 g/mol. The van der Waals surface area contributed by atoms with Crippen LogP contribution in [0.25, 0.3) is 11.1 Å². The fourth-order valence-electron chi connectivity index (χ4n) is 5.86. The van der Waals surface area contributed by atoms with E-state index in [9.17, 15) is 18.3 Å². The molecule has 1 aliphatic rings. The van der Waals surface area contributed by atoms with Crippen molar-refractivity contribution in [3.8, 4) is 16.9 Å². The van der Waals surface area contributed by atoms with Crippen LogP contribution in [0.5, 0.6) is 5.75 Å². The SMILES string of the molecule is CCC(CC)(CCc1ccccc1)c1cc(O)c(NS(=O)(=O)c2ccc(C)c(C3CC3)c2-c2ccccc2)c(=O)o1. The van der Waals surface area contributed by atoms with E-state index in [0.29, 0.717) is 36.5 Å². The molecule has 0 unspecified atom stereocenters. The Bertz CT molecular complexity index is 1690. The van der Waals surface area contributed by atoms with Crippen LogP contribution >= 0.6 is 0 Å². The summed E-state index contributed by atoms with van der Waals surface area (Å²) in [6.07, 6.45) is 4.88. The van der Waals surface area contributed by atoms with Crippen LogP contribution in [0.3, 0.4) is 0 Å². The first-order valence-corrected chi connectivity index (χ1v) is 15.8. The molecule has 1 aromatic heterocycles. The Morgan fingerprint density at radius 2 is 1.59 bits per heavy atom. The van der Waals surface area contributed by atoms with Crippen molar-refractivity contribution in [2.24, 2.45) is 0 Å². The second-order valence-corrected chi connectivity index (χ2v) is 12.7. The van der Waals surface area contributed by atoms with E-state index in [0.717, 1.165) is 36.0 Å². The van der Waals surface area contributed by atoms with Crippen LogP contribution in [-0.2, 0) is 21.9 Å². The van der Waals surface area contributed by atoms with Gasteiger partial charge >= 0.3 is 5.63 Å². The maximum Gasteiger partial charge on any atom is 0.364 e. The fraction of sp³-hybridized carbons (Fsp3) is 0.324. The predicted octanol–water partition coefficient (Wildman–Crippen LogP) is 7.69. The predicted molar refractivity (Wildman–Crippen MR) is 163 cm³/mol. The Morgan fingerprint density at radius 3 is 2.17 bits per heavy atom. The molecule has 41 heavy (non-hydrogen) atoms. The molecule has 0 aliphatic heterocycles. The molecule has 2 N–H and O–H groups in total. The number of anilines is 1. The van der Waals surface area contributed by atoms with Gasteiger partial charge in [-0.15, -0.1) is 0 Å². The van der Waals surface area contributed by atoms with Crippen molar-refractivity contribution in [3.63, 3.8) is 0 Å². The van der Waals surface area contributed by atoms with E-state index in [2.05, 4.69) is 16.9 Å².